The lowest BCUT2D eigenvalue weighted by Gasteiger charge is -2.05. The Kier molecular flexibility index (Phi) is 4.79. The predicted octanol–water partition coefficient (Wildman–Crippen LogP) is 1.00. The van der Waals surface area contributed by atoms with Gasteiger partial charge in [0.25, 0.3) is 11.8 Å². The van der Waals surface area contributed by atoms with Gasteiger partial charge >= 0.3 is 0 Å². The molecule has 8 heteroatoms. The van der Waals surface area contributed by atoms with Crippen molar-refractivity contribution in [2.75, 3.05) is 13.3 Å². The molecule has 2 aromatic carbocycles. The molecule has 3 rings (SSSR count). The Labute approximate surface area is 143 Å². The number of carbonyl (C=O) groups is 2. The predicted molar refractivity (Wildman–Crippen MR) is 88.7 cm³/mol. The lowest BCUT2D eigenvalue weighted by molar-refractivity contribution is -0.120. The summed E-state index contributed by atoms with van der Waals surface area (Å²) in [5, 5.41) is 15.8. The summed E-state index contributed by atoms with van der Waals surface area (Å²) in [4.78, 5) is 23.6. The van der Waals surface area contributed by atoms with Gasteiger partial charge in [0.1, 0.15) is 5.75 Å². The molecule has 0 saturated carbocycles. The van der Waals surface area contributed by atoms with Crippen molar-refractivity contribution < 1.29 is 24.2 Å². The zero-order valence-electron chi connectivity index (χ0n) is 13.1. The second kappa shape index (κ2) is 7.35. The van der Waals surface area contributed by atoms with Crippen LogP contribution in [0.3, 0.4) is 0 Å². The Morgan fingerprint density at radius 1 is 1.16 bits per heavy atom. The number of fused-ring (bicyclic) bond motifs is 1. The van der Waals surface area contributed by atoms with Crippen molar-refractivity contribution in [2.24, 2.45) is 5.10 Å². The summed E-state index contributed by atoms with van der Waals surface area (Å²) in [6, 6.07) is 11.3. The number of rotatable bonds is 5. The minimum atomic E-state index is -0.548. The Balaban J connectivity index is 1.48. The standard InChI is InChI=1S/C17H15N3O5/c21-13-4-2-1-3-12(13)17(23)18-9-16(22)20-19-8-11-5-6-14-15(7-11)25-10-24-14/h1-8,21H,9-10H2,(H,18,23)(H,20,22)/b19-8-. The molecule has 0 radical (unpaired) electrons. The largest absolute Gasteiger partial charge is 0.507 e. The van der Waals surface area contributed by atoms with Gasteiger partial charge in [0.15, 0.2) is 11.5 Å². The molecule has 1 heterocycles. The highest BCUT2D eigenvalue weighted by molar-refractivity contribution is 5.98. The van der Waals surface area contributed by atoms with E-state index in [2.05, 4.69) is 15.8 Å². The molecule has 1 aliphatic rings. The number of carbonyl (C=O) groups excluding carboxylic acids is 2. The van der Waals surface area contributed by atoms with E-state index in [0.29, 0.717) is 11.5 Å². The number of hydrogen-bond acceptors (Lipinski definition) is 6. The third kappa shape index (κ3) is 4.05. The van der Waals surface area contributed by atoms with Crippen LogP contribution in [0.15, 0.2) is 47.6 Å². The molecule has 0 fully saturated rings. The van der Waals surface area contributed by atoms with Crippen molar-refractivity contribution in [1.29, 1.82) is 0 Å². The number of amides is 2. The van der Waals surface area contributed by atoms with E-state index in [0.717, 1.165) is 5.56 Å². The highest BCUT2D eigenvalue weighted by Crippen LogP contribution is 2.31. The van der Waals surface area contributed by atoms with Crippen LogP contribution in [0.4, 0.5) is 0 Å². The van der Waals surface area contributed by atoms with Crippen molar-refractivity contribution in [2.45, 2.75) is 0 Å². The van der Waals surface area contributed by atoms with Gasteiger partial charge < -0.3 is 19.9 Å². The van der Waals surface area contributed by atoms with Gasteiger partial charge in [0.05, 0.1) is 18.3 Å². The number of ether oxygens (including phenoxy) is 2. The third-order valence-corrected chi connectivity index (χ3v) is 3.36. The SMILES string of the molecule is O=C(CNC(=O)c1ccccc1O)N/N=C\c1ccc2c(c1)OCO2. The van der Waals surface area contributed by atoms with Crippen molar-refractivity contribution >= 4 is 18.0 Å². The van der Waals surface area contributed by atoms with Gasteiger partial charge in [-0.3, -0.25) is 9.59 Å². The van der Waals surface area contributed by atoms with Crippen molar-refractivity contribution in [1.82, 2.24) is 10.7 Å². The van der Waals surface area contributed by atoms with Crippen LogP contribution in [0.2, 0.25) is 0 Å². The molecule has 25 heavy (non-hydrogen) atoms. The number of hydrogen-bond donors (Lipinski definition) is 3. The fourth-order valence-electron chi connectivity index (χ4n) is 2.13. The minimum Gasteiger partial charge on any atom is -0.507 e. The average Bonchev–Trinajstić information content (AvgIpc) is 3.08. The first kappa shape index (κ1) is 16.3. The highest BCUT2D eigenvalue weighted by atomic mass is 16.7. The molecule has 2 amide bonds. The number of phenols is 1. The first-order chi connectivity index (χ1) is 12.1. The molecule has 0 aliphatic carbocycles. The molecular formula is C17H15N3O5. The Hall–Kier alpha value is -3.55. The van der Waals surface area contributed by atoms with Crippen molar-refractivity contribution in [3.05, 3.63) is 53.6 Å². The fraction of sp³-hybridized carbons (Fsp3) is 0.118. The molecule has 0 atom stereocenters. The number of aromatic hydroxyl groups is 1. The van der Waals surface area contributed by atoms with E-state index in [1.807, 2.05) is 0 Å². The lowest BCUT2D eigenvalue weighted by atomic mass is 10.2. The molecule has 0 aromatic heterocycles. The Morgan fingerprint density at radius 3 is 2.80 bits per heavy atom. The van der Waals surface area contributed by atoms with Gasteiger partial charge in [-0.1, -0.05) is 12.1 Å². The molecule has 3 N–H and O–H groups in total. The van der Waals surface area contributed by atoms with Gasteiger partial charge in [-0.15, -0.1) is 0 Å². The Bertz CT molecular complexity index is 835. The second-order valence-corrected chi connectivity index (χ2v) is 5.11. The van der Waals surface area contributed by atoms with Crippen LogP contribution in [-0.2, 0) is 4.79 Å². The molecular weight excluding hydrogens is 326 g/mol. The van der Waals surface area contributed by atoms with E-state index in [9.17, 15) is 14.7 Å². The van der Waals surface area contributed by atoms with E-state index in [1.54, 1.807) is 30.3 Å². The first-order valence-electron chi connectivity index (χ1n) is 7.41. The maximum Gasteiger partial charge on any atom is 0.259 e. The molecule has 8 nitrogen and oxygen atoms in total. The normalized spacial score (nSPS) is 12.2. The lowest BCUT2D eigenvalue weighted by Crippen LogP contribution is -2.34. The van der Waals surface area contributed by atoms with Gasteiger partial charge in [0, 0.05) is 0 Å². The van der Waals surface area contributed by atoms with E-state index >= 15 is 0 Å². The summed E-state index contributed by atoms with van der Waals surface area (Å²) in [6.07, 6.45) is 1.45. The van der Waals surface area contributed by atoms with Crippen molar-refractivity contribution in [3.63, 3.8) is 0 Å². The average molecular weight is 341 g/mol. The Morgan fingerprint density at radius 2 is 1.96 bits per heavy atom. The molecule has 0 saturated heterocycles. The first-order valence-corrected chi connectivity index (χ1v) is 7.41. The third-order valence-electron chi connectivity index (χ3n) is 3.36. The second-order valence-electron chi connectivity index (χ2n) is 5.11. The maximum atomic E-state index is 11.9. The fourth-order valence-corrected chi connectivity index (χ4v) is 2.13. The number of nitrogens with one attached hydrogen (secondary N) is 2. The van der Waals surface area contributed by atoms with Crippen LogP contribution in [0.25, 0.3) is 0 Å². The van der Waals surface area contributed by atoms with E-state index in [-0.39, 0.29) is 24.7 Å². The van der Waals surface area contributed by atoms with Crippen LogP contribution in [-0.4, -0.2) is 36.5 Å². The van der Waals surface area contributed by atoms with E-state index in [1.165, 1.54) is 18.3 Å². The summed E-state index contributed by atoms with van der Waals surface area (Å²) >= 11 is 0. The molecule has 1 aliphatic heterocycles. The van der Waals surface area contributed by atoms with E-state index < -0.39 is 11.8 Å². The summed E-state index contributed by atoms with van der Waals surface area (Å²) in [7, 11) is 0. The summed E-state index contributed by atoms with van der Waals surface area (Å²) < 4.78 is 10.4. The monoisotopic (exact) mass is 341 g/mol. The van der Waals surface area contributed by atoms with Gasteiger partial charge in [-0.25, -0.2) is 5.43 Å². The quantitative estimate of drug-likeness (QED) is 0.555. The van der Waals surface area contributed by atoms with Crippen molar-refractivity contribution in [3.8, 4) is 17.2 Å². The smallest absolute Gasteiger partial charge is 0.259 e. The van der Waals surface area contributed by atoms with Gasteiger partial charge in [-0.2, -0.15) is 5.10 Å². The topological polar surface area (TPSA) is 109 Å². The molecule has 0 unspecified atom stereocenters. The molecule has 0 bridgehead atoms. The maximum absolute atomic E-state index is 11.9. The minimum absolute atomic E-state index is 0.0964. The van der Waals surface area contributed by atoms with Gasteiger partial charge in [0.2, 0.25) is 6.79 Å². The zero-order valence-corrected chi connectivity index (χ0v) is 13.1. The van der Waals surface area contributed by atoms with Crippen LogP contribution in [0.5, 0.6) is 17.2 Å². The number of nitrogens with zero attached hydrogens (tertiary/aromatic N) is 1. The summed E-state index contributed by atoms with van der Waals surface area (Å²) in [6.45, 7) is -0.0883. The number of hydrazone groups is 1. The highest BCUT2D eigenvalue weighted by Gasteiger charge is 2.13. The van der Waals surface area contributed by atoms with Crippen LogP contribution >= 0.6 is 0 Å². The number of para-hydroxylation sites is 1. The van der Waals surface area contributed by atoms with Crippen LogP contribution < -0.4 is 20.2 Å². The number of benzene rings is 2. The molecule has 0 spiro atoms. The number of phenolic OH excluding ortho intramolecular Hbond substituents is 1. The van der Waals surface area contributed by atoms with Gasteiger partial charge in [-0.05, 0) is 35.9 Å². The van der Waals surface area contributed by atoms with Crippen LogP contribution in [0.1, 0.15) is 15.9 Å². The summed E-state index contributed by atoms with van der Waals surface area (Å²) in [5.41, 5.74) is 3.12. The molecule has 2 aromatic rings. The van der Waals surface area contributed by atoms with Crippen LogP contribution in [0, 0.1) is 0 Å². The molecule has 128 valence electrons. The zero-order chi connectivity index (χ0) is 17.6. The summed E-state index contributed by atoms with van der Waals surface area (Å²) in [5.74, 6) is 0.0771. The van der Waals surface area contributed by atoms with E-state index in [4.69, 9.17) is 9.47 Å².